The van der Waals surface area contributed by atoms with Gasteiger partial charge in [0.25, 0.3) is 5.91 Å². The second-order valence-electron chi connectivity index (χ2n) is 6.62. The van der Waals surface area contributed by atoms with Crippen molar-refractivity contribution in [1.29, 1.82) is 0 Å². The molecule has 0 spiro atoms. The molecule has 9 heteroatoms. The standard InChI is InChI=1S/C20H19ClN4O2S2/c21-15-2-4-16(5-3-15)22-20(27)25-8-1-7-24(9-10-25)19(26)17-13-29-18(23-17)14-6-11-28-12-14/h2-6,11-13H,1,7-10H2,(H,22,27). The molecule has 0 radical (unpaired) electrons. The van der Waals surface area contributed by atoms with Crippen LogP contribution in [0.2, 0.25) is 5.02 Å². The summed E-state index contributed by atoms with van der Waals surface area (Å²) in [6.45, 7) is 2.17. The molecular weight excluding hydrogens is 428 g/mol. The summed E-state index contributed by atoms with van der Waals surface area (Å²) in [5.41, 5.74) is 2.20. The first-order chi connectivity index (χ1) is 14.1. The van der Waals surface area contributed by atoms with E-state index in [2.05, 4.69) is 10.3 Å². The number of benzene rings is 1. The highest BCUT2D eigenvalue weighted by Gasteiger charge is 2.24. The van der Waals surface area contributed by atoms with Gasteiger partial charge < -0.3 is 15.1 Å². The monoisotopic (exact) mass is 446 g/mol. The van der Waals surface area contributed by atoms with Gasteiger partial charge in [-0.1, -0.05) is 11.6 Å². The summed E-state index contributed by atoms with van der Waals surface area (Å²) >= 11 is 8.97. The molecule has 3 amide bonds. The van der Waals surface area contributed by atoms with Gasteiger partial charge in [-0.15, -0.1) is 11.3 Å². The maximum atomic E-state index is 12.9. The number of thiazole rings is 1. The van der Waals surface area contributed by atoms with E-state index in [1.54, 1.807) is 45.4 Å². The van der Waals surface area contributed by atoms with Gasteiger partial charge in [0.2, 0.25) is 0 Å². The lowest BCUT2D eigenvalue weighted by atomic mass is 10.3. The van der Waals surface area contributed by atoms with E-state index in [0.29, 0.717) is 42.6 Å². The summed E-state index contributed by atoms with van der Waals surface area (Å²) in [5, 5.41) is 10.2. The van der Waals surface area contributed by atoms with Gasteiger partial charge in [-0.05, 0) is 42.1 Å². The number of hydrogen-bond acceptors (Lipinski definition) is 5. The van der Waals surface area contributed by atoms with Crippen LogP contribution in [0.4, 0.5) is 10.5 Å². The number of hydrogen-bond donors (Lipinski definition) is 1. The Balaban J connectivity index is 1.36. The quantitative estimate of drug-likeness (QED) is 0.621. The van der Waals surface area contributed by atoms with E-state index in [0.717, 1.165) is 17.0 Å². The van der Waals surface area contributed by atoms with Crippen LogP contribution in [0.15, 0.2) is 46.5 Å². The molecule has 2 aromatic heterocycles. The fourth-order valence-electron chi connectivity index (χ4n) is 3.11. The van der Waals surface area contributed by atoms with Gasteiger partial charge in [-0.2, -0.15) is 11.3 Å². The Bertz CT molecular complexity index is 988. The maximum Gasteiger partial charge on any atom is 0.321 e. The zero-order chi connectivity index (χ0) is 20.2. The molecule has 0 unspecified atom stereocenters. The molecule has 0 atom stereocenters. The third-order valence-electron chi connectivity index (χ3n) is 4.66. The normalized spacial score (nSPS) is 14.5. The van der Waals surface area contributed by atoms with Crippen LogP contribution in [0, 0.1) is 0 Å². The Hall–Kier alpha value is -2.42. The predicted molar refractivity (Wildman–Crippen MR) is 118 cm³/mol. The highest BCUT2D eigenvalue weighted by atomic mass is 35.5. The van der Waals surface area contributed by atoms with E-state index < -0.39 is 0 Å². The molecule has 3 heterocycles. The minimum Gasteiger partial charge on any atom is -0.335 e. The van der Waals surface area contributed by atoms with Crippen molar-refractivity contribution in [2.45, 2.75) is 6.42 Å². The van der Waals surface area contributed by atoms with Crippen molar-refractivity contribution >= 4 is 51.9 Å². The van der Waals surface area contributed by atoms with Crippen LogP contribution >= 0.6 is 34.3 Å². The highest BCUT2D eigenvalue weighted by molar-refractivity contribution is 7.14. The summed E-state index contributed by atoms with van der Waals surface area (Å²) in [5.74, 6) is -0.0808. The first-order valence-electron chi connectivity index (χ1n) is 9.19. The first kappa shape index (κ1) is 19.9. The van der Waals surface area contributed by atoms with Gasteiger partial charge in [0.15, 0.2) is 0 Å². The Morgan fingerprint density at radius 1 is 1.00 bits per heavy atom. The second-order valence-corrected chi connectivity index (χ2v) is 8.69. The molecule has 1 N–H and O–H groups in total. The van der Waals surface area contributed by atoms with Crippen LogP contribution in [0.3, 0.4) is 0 Å². The zero-order valence-corrected chi connectivity index (χ0v) is 17.9. The van der Waals surface area contributed by atoms with E-state index in [-0.39, 0.29) is 11.9 Å². The lowest BCUT2D eigenvalue weighted by Gasteiger charge is -2.22. The van der Waals surface area contributed by atoms with E-state index in [1.807, 2.05) is 22.2 Å². The Kier molecular flexibility index (Phi) is 6.13. The number of halogens is 1. The molecule has 1 aliphatic heterocycles. The molecule has 4 rings (SSSR count). The molecule has 1 aliphatic rings. The fraction of sp³-hybridized carbons (Fsp3) is 0.250. The van der Waals surface area contributed by atoms with Crippen LogP contribution in [-0.4, -0.2) is 52.9 Å². The lowest BCUT2D eigenvalue weighted by Crippen LogP contribution is -2.39. The van der Waals surface area contributed by atoms with Gasteiger partial charge in [-0.25, -0.2) is 9.78 Å². The molecule has 1 aromatic carbocycles. The summed E-state index contributed by atoms with van der Waals surface area (Å²) in [6.07, 6.45) is 0.724. The van der Waals surface area contributed by atoms with Gasteiger partial charge in [0, 0.05) is 53.2 Å². The van der Waals surface area contributed by atoms with Gasteiger partial charge >= 0.3 is 6.03 Å². The molecule has 150 valence electrons. The number of nitrogens with zero attached hydrogens (tertiary/aromatic N) is 3. The van der Waals surface area contributed by atoms with Gasteiger partial charge in [-0.3, -0.25) is 4.79 Å². The molecule has 0 saturated carbocycles. The average molecular weight is 447 g/mol. The van der Waals surface area contributed by atoms with Crippen LogP contribution in [0.25, 0.3) is 10.6 Å². The van der Waals surface area contributed by atoms with Crippen molar-refractivity contribution in [1.82, 2.24) is 14.8 Å². The number of thiophene rings is 1. The third kappa shape index (κ3) is 4.77. The average Bonchev–Trinajstić information content (AvgIpc) is 3.36. The molecule has 1 saturated heterocycles. The fourth-order valence-corrected chi connectivity index (χ4v) is 4.74. The van der Waals surface area contributed by atoms with Gasteiger partial charge in [0.1, 0.15) is 10.7 Å². The van der Waals surface area contributed by atoms with Crippen LogP contribution in [0.5, 0.6) is 0 Å². The SMILES string of the molecule is O=C(Nc1ccc(Cl)cc1)N1CCCN(C(=O)c2csc(-c3ccsc3)n2)CC1. The summed E-state index contributed by atoms with van der Waals surface area (Å²) in [7, 11) is 0. The molecule has 0 bridgehead atoms. The summed E-state index contributed by atoms with van der Waals surface area (Å²) in [6, 6.07) is 8.83. The summed E-state index contributed by atoms with van der Waals surface area (Å²) in [4.78, 5) is 33.5. The Morgan fingerprint density at radius 3 is 2.52 bits per heavy atom. The minimum absolute atomic E-state index is 0.0808. The van der Waals surface area contributed by atoms with Crippen molar-refractivity contribution in [3.8, 4) is 10.6 Å². The van der Waals surface area contributed by atoms with E-state index in [9.17, 15) is 9.59 Å². The van der Waals surface area contributed by atoms with Crippen molar-refractivity contribution < 1.29 is 9.59 Å². The summed E-state index contributed by atoms with van der Waals surface area (Å²) < 4.78 is 0. The van der Waals surface area contributed by atoms with Crippen molar-refractivity contribution in [3.05, 3.63) is 57.2 Å². The number of urea groups is 1. The Labute approximate surface area is 181 Å². The van der Waals surface area contributed by atoms with Crippen LogP contribution in [0.1, 0.15) is 16.9 Å². The van der Waals surface area contributed by atoms with Crippen LogP contribution in [-0.2, 0) is 0 Å². The molecule has 6 nitrogen and oxygen atoms in total. The van der Waals surface area contributed by atoms with Crippen molar-refractivity contribution in [2.24, 2.45) is 0 Å². The smallest absolute Gasteiger partial charge is 0.321 e. The number of carbonyl (C=O) groups is 2. The topological polar surface area (TPSA) is 65.5 Å². The van der Waals surface area contributed by atoms with E-state index in [1.165, 1.54) is 11.3 Å². The predicted octanol–water partition coefficient (Wildman–Crippen LogP) is 4.91. The van der Waals surface area contributed by atoms with Crippen molar-refractivity contribution in [2.75, 3.05) is 31.5 Å². The number of aromatic nitrogens is 1. The molecular formula is C20H19ClN4O2S2. The Morgan fingerprint density at radius 2 is 1.76 bits per heavy atom. The van der Waals surface area contributed by atoms with E-state index in [4.69, 9.17) is 11.6 Å². The second kappa shape index (κ2) is 8.94. The number of nitrogens with one attached hydrogen (secondary N) is 1. The number of amides is 3. The van der Waals surface area contributed by atoms with E-state index >= 15 is 0 Å². The number of anilines is 1. The molecule has 3 aromatic rings. The van der Waals surface area contributed by atoms with Crippen LogP contribution < -0.4 is 5.32 Å². The highest BCUT2D eigenvalue weighted by Crippen LogP contribution is 2.26. The maximum absolute atomic E-state index is 12.9. The van der Waals surface area contributed by atoms with Gasteiger partial charge in [0.05, 0.1) is 0 Å². The largest absolute Gasteiger partial charge is 0.335 e. The molecule has 1 fully saturated rings. The van der Waals surface area contributed by atoms with Crippen molar-refractivity contribution in [3.63, 3.8) is 0 Å². The number of rotatable bonds is 3. The molecule has 0 aliphatic carbocycles. The number of carbonyl (C=O) groups excluding carboxylic acids is 2. The third-order valence-corrected chi connectivity index (χ3v) is 6.48. The lowest BCUT2D eigenvalue weighted by molar-refractivity contribution is 0.0757. The zero-order valence-electron chi connectivity index (χ0n) is 15.5. The minimum atomic E-state index is -0.171. The molecule has 29 heavy (non-hydrogen) atoms. The first-order valence-corrected chi connectivity index (χ1v) is 11.4.